The van der Waals surface area contributed by atoms with Crippen molar-refractivity contribution in [1.82, 2.24) is 19.4 Å². The van der Waals surface area contributed by atoms with E-state index in [9.17, 15) is 4.79 Å². The number of hydrogen-bond donors (Lipinski definition) is 1. The highest BCUT2D eigenvalue weighted by molar-refractivity contribution is 5.89. The summed E-state index contributed by atoms with van der Waals surface area (Å²) in [6.45, 7) is 9.56. The fraction of sp³-hybridized carbons (Fsp3) is 0.474. The van der Waals surface area contributed by atoms with Gasteiger partial charge in [0.2, 0.25) is 0 Å². The summed E-state index contributed by atoms with van der Waals surface area (Å²) in [6, 6.07) is 7.91. The summed E-state index contributed by atoms with van der Waals surface area (Å²) < 4.78 is 2.19. The maximum absolute atomic E-state index is 12.4. The molecule has 1 N–H and O–H groups in total. The summed E-state index contributed by atoms with van der Waals surface area (Å²) >= 11 is 0. The van der Waals surface area contributed by atoms with E-state index in [1.54, 1.807) is 0 Å². The molecule has 3 rings (SSSR count). The quantitative estimate of drug-likeness (QED) is 0.910. The number of imidazole rings is 1. The van der Waals surface area contributed by atoms with Crippen LogP contribution in [0.3, 0.4) is 0 Å². The second-order valence-corrected chi connectivity index (χ2v) is 6.65. The number of rotatable bonds is 5. The molecule has 2 amide bonds. The number of aromatic nitrogens is 2. The number of carbonyl (C=O) groups excluding carboxylic acids is 1. The van der Waals surface area contributed by atoms with Crippen LogP contribution in [0.2, 0.25) is 0 Å². The van der Waals surface area contributed by atoms with Gasteiger partial charge in [-0.15, -0.1) is 0 Å². The Morgan fingerprint density at radius 2 is 1.80 bits per heavy atom. The lowest BCUT2D eigenvalue weighted by atomic mass is 10.2. The van der Waals surface area contributed by atoms with Crippen LogP contribution in [0.5, 0.6) is 0 Å². The molecule has 6 heteroatoms. The molecule has 2 heterocycles. The molecule has 0 bridgehead atoms. The SMILES string of the molecule is Cc1ccc(NC(=O)N2CCN(CCCn3ccnc3C)CC2)cc1. The largest absolute Gasteiger partial charge is 0.335 e. The van der Waals surface area contributed by atoms with Gasteiger partial charge in [-0.05, 0) is 38.9 Å². The van der Waals surface area contributed by atoms with Crippen molar-refractivity contribution >= 4 is 11.7 Å². The van der Waals surface area contributed by atoms with E-state index in [2.05, 4.69) is 19.8 Å². The van der Waals surface area contributed by atoms with Crippen LogP contribution < -0.4 is 5.32 Å². The van der Waals surface area contributed by atoms with Gasteiger partial charge >= 0.3 is 6.03 Å². The van der Waals surface area contributed by atoms with Crippen LogP contribution in [0.15, 0.2) is 36.7 Å². The molecule has 2 aromatic rings. The Bertz CT molecular complexity index is 686. The Balaban J connectivity index is 1.38. The number of anilines is 1. The molecule has 6 nitrogen and oxygen atoms in total. The monoisotopic (exact) mass is 341 g/mol. The number of piperazine rings is 1. The third kappa shape index (κ3) is 4.82. The summed E-state index contributed by atoms with van der Waals surface area (Å²) in [5, 5.41) is 2.98. The molecular weight excluding hydrogens is 314 g/mol. The Hall–Kier alpha value is -2.34. The third-order valence-electron chi connectivity index (χ3n) is 4.76. The van der Waals surface area contributed by atoms with Gasteiger partial charge in [-0.2, -0.15) is 0 Å². The summed E-state index contributed by atoms with van der Waals surface area (Å²) in [5.74, 6) is 1.07. The minimum atomic E-state index is -0.00227. The zero-order chi connectivity index (χ0) is 17.6. The molecule has 0 aliphatic carbocycles. The van der Waals surface area contributed by atoms with Gasteiger partial charge in [0, 0.05) is 50.8 Å². The highest BCUT2D eigenvalue weighted by Gasteiger charge is 2.20. The van der Waals surface area contributed by atoms with Gasteiger partial charge in [0.25, 0.3) is 0 Å². The number of nitrogens with zero attached hydrogens (tertiary/aromatic N) is 4. The zero-order valence-electron chi connectivity index (χ0n) is 15.1. The van der Waals surface area contributed by atoms with Crippen molar-refractivity contribution in [2.75, 3.05) is 38.0 Å². The van der Waals surface area contributed by atoms with Crippen molar-refractivity contribution in [3.8, 4) is 0 Å². The van der Waals surface area contributed by atoms with Crippen LogP contribution in [0.1, 0.15) is 17.8 Å². The number of urea groups is 1. The van der Waals surface area contributed by atoms with Crippen LogP contribution in [-0.4, -0.2) is 58.1 Å². The molecule has 0 unspecified atom stereocenters. The van der Waals surface area contributed by atoms with Gasteiger partial charge in [0.15, 0.2) is 0 Å². The van der Waals surface area contributed by atoms with Crippen LogP contribution in [0.4, 0.5) is 10.5 Å². The van der Waals surface area contributed by atoms with Crippen molar-refractivity contribution in [3.05, 3.63) is 48.0 Å². The highest BCUT2D eigenvalue weighted by atomic mass is 16.2. The predicted octanol–water partition coefficient (Wildman–Crippen LogP) is 2.74. The van der Waals surface area contributed by atoms with Crippen molar-refractivity contribution in [2.24, 2.45) is 0 Å². The summed E-state index contributed by atoms with van der Waals surface area (Å²) in [7, 11) is 0. The molecule has 1 aliphatic rings. The molecule has 0 saturated carbocycles. The van der Waals surface area contributed by atoms with Crippen LogP contribution >= 0.6 is 0 Å². The highest BCUT2D eigenvalue weighted by Crippen LogP contribution is 2.11. The predicted molar refractivity (Wildman–Crippen MR) is 99.8 cm³/mol. The van der Waals surface area contributed by atoms with Gasteiger partial charge in [0.05, 0.1) is 0 Å². The fourth-order valence-corrected chi connectivity index (χ4v) is 3.12. The average molecular weight is 341 g/mol. The van der Waals surface area contributed by atoms with Crippen molar-refractivity contribution in [3.63, 3.8) is 0 Å². The van der Waals surface area contributed by atoms with E-state index in [-0.39, 0.29) is 6.03 Å². The molecule has 1 aromatic carbocycles. The van der Waals surface area contributed by atoms with Crippen molar-refractivity contribution in [2.45, 2.75) is 26.8 Å². The van der Waals surface area contributed by atoms with E-state index in [0.717, 1.165) is 57.2 Å². The maximum atomic E-state index is 12.4. The van der Waals surface area contributed by atoms with Gasteiger partial charge in [-0.25, -0.2) is 9.78 Å². The molecule has 1 saturated heterocycles. The van der Waals surface area contributed by atoms with E-state index in [4.69, 9.17) is 0 Å². The van der Waals surface area contributed by atoms with Gasteiger partial charge in [-0.1, -0.05) is 17.7 Å². The Morgan fingerprint density at radius 3 is 2.44 bits per heavy atom. The normalized spacial score (nSPS) is 15.4. The van der Waals surface area contributed by atoms with Crippen LogP contribution in [0, 0.1) is 13.8 Å². The molecule has 0 radical (unpaired) electrons. The van der Waals surface area contributed by atoms with Gasteiger partial charge in [0.1, 0.15) is 5.82 Å². The molecular formula is C19H27N5O. The minimum Gasteiger partial charge on any atom is -0.335 e. The van der Waals surface area contributed by atoms with Crippen LogP contribution in [-0.2, 0) is 6.54 Å². The van der Waals surface area contributed by atoms with Crippen molar-refractivity contribution < 1.29 is 4.79 Å². The zero-order valence-corrected chi connectivity index (χ0v) is 15.1. The number of amides is 2. The Labute approximate surface area is 149 Å². The topological polar surface area (TPSA) is 53.4 Å². The smallest absolute Gasteiger partial charge is 0.321 e. The molecule has 25 heavy (non-hydrogen) atoms. The lowest BCUT2D eigenvalue weighted by Gasteiger charge is -2.34. The number of aryl methyl sites for hydroxylation is 3. The van der Waals surface area contributed by atoms with Crippen molar-refractivity contribution in [1.29, 1.82) is 0 Å². The van der Waals surface area contributed by atoms with E-state index >= 15 is 0 Å². The first-order chi connectivity index (χ1) is 12.1. The lowest BCUT2D eigenvalue weighted by molar-refractivity contribution is 0.145. The first-order valence-electron chi connectivity index (χ1n) is 8.94. The lowest BCUT2D eigenvalue weighted by Crippen LogP contribution is -2.50. The standard InChI is InChI=1S/C19H27N5O/c1-16-4-6-18(7-5-16)21-19(25)24-14-12-22(13-15-24)9-3-10-23-11-8-20-17(23)2/h4-8,11H,3,9-10,12-15H2,1-2H3,(H,21,25). The third-order valence-corrected chi connectivity index (χ3v) is 4.76. The summed E-state index contributed by atoms with van der Waals surface area (Å²) in [4.78, 5) is 20.9. The van der Waals surface area contributed by atoms with Gasteiger partial charge in [-0.3, -0.25) is 4.90 Å². The summed E-state index contributed by atoms with van der Waals surface area (Å²) in [6.07, 6.45) is 4.98. The van der Waals surface area contributed by atoms with Gasteiger partial charge < -0.3 is 14.8 Å². The number of benzene rings is 1. The molecule has 0 atom stereocenters. The second-order valence-electron chi connectivity index (χ2n) is 6.65. The first kappa shape index (κ1) is 17.5. The number of carbonyl (C=O) groups is 1. The molecule has 1 aromatic heterocycles. The second kappa shape index (κ2) is 8.16. The fourth-order valence-electron chi connectivity index (χ4n) is 3.12. The first-order valence-corrected chi connectivity index (χ1v) is 8.94. The number of nitrogens with one attached hydrogen (secondary N) is 1. The van der Waals surface area contributed by atoms with E-state index in [1.807, 2.05) is 55.4 Å². The number of hydrogen-bond acceptors (Lipinski definition) is 3. The molecule has 1 fully saturated rings. The Kier molecular flexibility index (Phi) is 5.71. The maximum Gasteiger partial charge on any atom is 0.321 e. The molecule has 0 spiro atoms. The van der Waals surface area contributed by atoms with Crippen LogP contribution in [0.25, 0.3) is 0 Å². The van der Waals surface area contributed by atoms with E-state index < -0.39 is 0 Å². The minimum absolute atomic E-state index is 0.00227. The van der Waals surface area contributed by atoms with E-state index in [0.29, 0.717) is 0 Å². The summed E-state index contributed by atoms with van der Waals surface area (Å²) in [5.41, 5.74) is 2.05. The molecule has 1 aliphatic heterocycles. The average Bonchev–Trinajstić information content (AvgIpc) is 3.02. The Morgan fingerprint density at radius 1 is 1.08 bits per heavy atom. The van der Waals surface area contributed by atoms with E-state index in [1.165, 1.54) is 5.56 Å². The molecule has 134 valence electrons.